The molecule has 0 aliphatic heterocycles. The molecule has 18 heavy (non-hydrogen) atoms. The van der Waals surface area contributed by atoms with Crippen molar-refractivity contribution in [2.24, 2.45) is 0 Å². The predicted octanol–water partition coefficient (Wildman–Crippen LogP) is 0.656. The first kappa shape index (κ1) is 15.4. The fourth-order valence-corrected chi connectivity index (χ4v) is 2.86. The van der Waals surface area contributed by atoms with Gasteiger partial charge in [-0.05, 0) is 35.6 Å². The van der Waals surface area contributed by atoms with Gasteiger partial charge in [0.1, 0.15) is 10.7 Å². The van der Waals surface area contributed by atoms with Crippen LogP contribution in [0.2, 0.25) is 0 Å². The summed E-state index contributed by atoms with van der Waals surface area (Å²) in [5.74, 6) is -0.00505. The number of nitrogen functional groups attached to an aromatic ring is 1. The van der Waals surface area contributed by atoms with Gasteiger partial charge in [0.15, 0.2) is 0 Å². The van der Waals surface area contributed by atoms with E-state index in [1.807, 2.05) is 18.9 Å². The first-order valence-electron chi connectivity index (χ1n) is 5.46. The quantitative estimate of drug-likeness (QED) is 0.796. The summed E-state index contributed by atoms with van der Waals surface area (Å²) in [5, 5.41) is 0. The second-order valence-corrected chi connectivity index (χ2v) is 6.48. The third-order valence-electron chi connectivity index (χ3n) is 2.46. The Hall–Kier alpha value is -0.700. The molecule has 0 atom stereocenters. The average Bonchev–Trinajstić information content (AvgIpc) is 2.31. The highest BCUT2D eigenvalue weighted by molar-refractivity contribution is 9.10. The Morgan fingerprint density at radius 3 is 2.83 bits per heavy atom. The fraction of sp³-hybridized carbons (Fsp3) is 0.500. The molecule has 0 aromatic carbocycles. The Bertz CT molecular complexity index is 507. The van der Waals surface area contributed by atoms with Gasteiger partial charge in [-0.15, -0.1) is 0 Å². The van der Waals surface area contributed by atoms with E-state index in [0.717, 1.165) is 6.54 Å². The second kappa shape index (κ2) is 6.46. The van der Waals surface area contributed by atoms with Crippen molar-refractivity contribution in [2.45, 2.75) is 11.8 Å². The molecule has 0 saturated carbocycles. The summed E-state index contributed by atoms with van der Waals surface area (Å²) in [5.41, 5.74) is 5.57. The number of hydrogen-bond acceptors (Lipinski definition) is 5. The van der Waals surface area contributed by atoms with Crippen LogP contribution in [0.3, 0.4) is 0 Å². The zero-order valence-electron chi connectivity index (χ0n) is 10.4. The van der Waals surface area contributed by atoms with Crippen LogP contribution >= 0.6 is 15.9 Å². The summed E-state index contributed by atoms with van der Waals surface area (Å²) in [6, 6.07) is 1.44. The summed E-state index contributed by atoms with van der Waals surface area (Å²) in [4.78, 5) is 5.81. The van der Waals surface area contributed by atoms with E-state index < -0.39 is 10.0 Å². The van der Waals surface area contributed by atoms with Gasteiger partial charge < -0.3 is 10.6 Å². The lowest BCUT2D eigenvalue weighted by atomic mass is 10.5. The monoisotopic (exact) mass is 336 g/mol. The van der Waals surface area contributed by atoms with Crippen LogP contribution in [0.4, 0.5) is 5.82 Å². The topological polar surface area (TPSA) is 88.3 Å². The molecule has 0 amide bonds. The van der Waals surface area contributed by atoms with Gasteiger partial charge in [-0.3, -0.25) is 0 Å². The summed E-state index contributed by atoms with van der Waals surface area (Å²) in [6.07, 6.45) is 1.46. The maximum Gasteiger partial charge on any atom is 0.244 e. The minimum atomic E-state index is -3.61. The zero-order valence-corrected chi connectivity index (χ0v) is 12.8. The lowest BCUT2D eigenvalue weighted by Gasteiger charge is -2.14. The van der Waals surface area contributed by atoms with Crippen LogP contribution in [0.5, 0.6) is 0 Å². The molecule has 0 spiro atoms. The zero-order chi connectivity index (χ0) is 13.8. The molecule has 0 bridgehead atoms. The first-order valence-corrected chi connectivity index (χ1v) is 7.73. The highest BCUT2D eigenvalue weighted by atomic mass is 79.9. The minimum absolute atomic E-state index is 0.00368. The van der Waals surface area contributed by atoms with Gasteiger partial charge in [0.2, 0.25) is 10.0 Å². The minimum Gasteiger partial charge on any atom is -0.383 e. The van der Waals surface area contributed by atoms with Crippen LogP contribution in [0, 0.1) is 0 Å². The van der Waals surface area contributed by atoms with E-state index in [0.29, 0.717) is 17.6 Å². The largest absolute Gasteiger partial charge is 0.383 e. The van der Waals surface area contributed by atoms with Crippen LogP contribution < -0.4 is 10.5 Å². The Kier molecular flexibility index (Phi) is 5.51. The maximum atomic E-state index is 12.0. The van der Waals surface area contributed by atoms with E-state index in [2.05, 4.69) is 25.6 Å². The molecule has 1 aromatic rings. The van der Waals surface area contributed by atoms with Crippen LogP contribution in [-0.2, 0) is 10.0 Å². The smallest absolute Gasteiger partial charge is 0.244 e. The maximum absolute atomic E-state index is 12.0. The molecule has 0 aliphatic carbocycles. The van der Waals surface area contributed by atoms with Crippen molar-refractivity contribution < 1.29 is 8.42 Å². The number of rotatable bonds is 6. The molecule has 6 nitrogen and oxygen atoms in total. The van der Waals surface area contributed by atoms with E-state index in [9.17, 15) is 8.42 Å². The number of likely N-dealkylation sites (N-methyl/N-ethyl adjacent to an activating group) is 1. The van der Waals surface area contributed by atoms with Gasteiger partial charge in [-0.1, -0.05) is 6.92 Å². The summed E-state index contributed by atoms with van der Waals surface area (Å²) < 4.78 is 27.1. The number of anilines is 1. The predicted molar refractivity (Wildman–Crippen MR) is 74.7 cm³/mol. The highest BCUT2D eigenvalue weighted by Crippen LogP contribution is 2.19. The van der Waals surface area contributed by atoms with E-state index in [1.165, 1.54) is 12.3 Å². The molecule has 102 valence electrons. The van der Waals surface area contributed by atoms with Gasteiger partial charge in [0.25, 0.3) is 0 Å². The van der Waals surface area contributed by atoms with Crippen molar-refractivity contribution in [1.82, 2.24) is 14.6 Å². The van der Waals surface area contributed by atoms with Gasteiger partial charge in [-0.25, -0.2) is 18.1 Å². The number of halogens is 1. The lowest BCUT2D eigenvalue weighted by molar-refractivity contribution is 0.358. The van der Waals surface area contributed by atoms with Gasteiger partial charge in [0, 0.05) is 23.8 Å². The molecule has 1 heterocycles. The second-order valence-electron chi connectivity index (χ2n) is 3.83. The van der Waals surface area contributed by atoms with Crippen LogP contribution in [0.1, 0.15) is 6.92 Å². The van der Waals surface area contributed by atoms with Crippen molar-refractivity contribution >= 4 is 31.8 Å². The molecule has 0 saturated heterocycles. The van der Waals surface area contributed by atoms with Gasteiger partial charge >= 0.3 is 0 Å². The van der Waals surface area contributed by atoms with Gasteiger partial charge in [-0.2, -0.15) is 0 Å². The van der Waals surface area contributed by atoms with Crippen LogP contribution in [0.25, 0.3) is 0 Å². The summed E-state index contributed by atoms with van der Waals surface area (Å²) in [6.45, 7) is 3.84. The standard InChI is InChI=1S/C10H17BrN4O2S/c1-3-15(2)5-4-14-18(16,17)9-6-8(11)7-13-10(9)12/h6-7,14H,3-5H2,1-2H3,(H2,12,13). The molecule has 1 rings (SSSR count). The number of hydrogen-bond donors (Lipinski definition) is 2. The van der Waals surface area contributed by atoms with Crippen molar-refractivity contribution in [2.75, 3.05) is 32.4 Å². The molecule has 0 aliphatic rings. The molecule has 0 radical (unpaired) electrons. The van der Waals surface area contributed by atoms with Crippen molar-refractivity contribution in [1.29, 1.82) is 0 Å². The van der Waals surface area contributed by atoms with Crippen LogP contribution in [0.15, 0.2) is 21.6 Å². The third-order valence-corrected chi connectivity index (χ3v) is 4.39. The molecule has 0 fully saturated rings. The summed E-state index contributed by atoms with van der Waals surface area (Å²) in [7, 11) is -1.69. The van der Waals surface area contributed by atoms with E-state index in [-0.39, 0.29) is 10.7 Å². The Morgan fingerprint density at radius 2 is 2.22 bits per heavy atom. The van der Waals surface area contributed by atoms with Crippen LogP contribution in [-0.4, -0.2) is 45.0 Å². The molecular weight excluding hydrogens is 320 g/mol. The molecule has 1 aromatic heterocycles. The first-order chi connectivity index (χ1) is 8.36. The lowest BCUT2D eigenvalue weighted by Crippen LogP contribution is -2.33. The molecule has 3 N–H and O–H groups in total. The van der Waals surface area contributed by atoms with E-state index >= 15 is 0 Å². The molecular formula is C10H17BrN4O2S. The Balaban J connectivity index is 2.77. The Labute approximate surface area is 116 Å². The number of pyridine rings is 1. The SMILES string of the molecule is CCN(C)CCNS(=O)(=O)c1cc(Br)cnc1N. The number of nitrogens with one attached hydrogen (secondary N) is 1. The van der Waals surface area contributed by atoms with E-state index in [1.54, 1.807) is 0 Å². The number of nitrogens with two attached hydrogens (primary N) is 1. The summed E-state index contributed by atoms with van der Waals surface area (Å²) >= 11 is 3.17. The van der Waals surface area contributed by atoms with Gasteiger partial charge in [0.05, 0.1) is 0 Å². The normalized spacial score (nSPS) is 12.0. The average molecular weight is 337 g/mol. The number of nitrogens with zero attached hydrogens (tertiary/aromatic N) is 2. The van der Waals surface area contributed by atoms with Crippen molar-refractivity contribution in [3.05, 3.63) is 16.7 Å². The van der Waals surface area contributed by atoms with Crippen molar-refractivity contribution in [3.63, 3.8) is 0 Å². The molecule has 0 unspecified atom stereocenters. The third kappa shape index (κ3) is 4.20. The number of sulfonamides is 1. The Morgan fingerprint density at radius 1 is 1.56 bits per heavy atom. The van der Waals surface area contributed by atoms with Crippen molar-refractivity contribution in [3.8, 4) is 0 Å². The fourth-order valence-electron chi connectivity index (χ4n) is 1.25. The molecule has 8 heteroatoms. The number of aromatic nitrogens is 1. The highest BCUT2D eigenvalue weighted by Gasteiger charge is 2.18. The van der Waals surface area contributed by atoms with E-state index in [4.69, 9.17) is 5.73 Å².